The predicted octanol–water partition coefficient (Wildman–Crippen LogP) is 2.38. The Morgan fingerprint density at radius 1 is 0.909 bits per heavy atom. The number of rotatable bonds is 10. The quantitative estimate of drug-likeness (QED) is 0.368. The van der Waals surface area contributed by atoms with Crippen molar-refractivity contribution in [3.8, 4) is 34.5 Å². The van der Waals surface area contributed by atoms with Gasteiger partial charge in [0, 0.05) is 17.7 Å². The van der Waals surface area contributed by atoms with Gasteiger partial charge in [-0.3, -0.25) is 4.79 Å². The van der Waals surface area contributed by atoms with Gasteiger partial charge in [0.2, 0.25) is 5.88 Å². The van der Waals surface area contributed by atoms with Gasteiger partial charge in [0.1, 0.15) is 23.9 Å². The Morgan fingerprint density at radius 3 is 2.48 bits per heavy atom. The molecule has 2 aromatic heterocycles. The number of ether oxygens (including phenoxy) is 4. The van der Waals surface area contributed by atoms with Gasteiger partial charge in [-0.15, -0.1) is 15.3 Å². The van der Waals surface area contributed by atoms with E-state index >= 15 is 0 Å². The summed E-state index contributed by atoms with van der Waals surface area (Å²) < 4.78 is 23.1. The average molecular weight is 449 g/mol. The summed E-state index contributed by atoms with van der Waals surface area (Å²) >= 11 is 0. The lowest BCUT2D eigenvalue weighted by Gasteiger charge is -2.09. The van der Waals surface area contributed by atoms with Crippen LogP contribution in [0.4, 0.5) is 0 Å². The van der Waals surface area contributed by atoms with Crippen LogP contribution in [0, 0.1) is 0 Å². The van der Waals surface area contributed by atoms with E-state index in [1.807, 2.05) is 24.3 Å². The lowest BCUT2D eigenvalue weighted by atomic mass is 10.2. The highest BCUT2D eigenvalue weighted by Crippen LogP contribution is 2.23. The van der Waals surface area contributed by atoms with Crippen LogP contribution in [0.25, 0.3) is 17.0 Å². The number of hydrogen-bond donors (Lipinski definition) is 1. The van der Waals surface area contributed by atoms with Crippen LogP contribution >= 0.6 is 0 Å². The van der Waals surface area contributed by atoms with Gasteiger partial charge in [0.05, 0.1) is 20.8 Å². The molecule has 0 saturated carbocycles. The smallest absolute Gasteiger partial charge is 0.258 e. The standard InChI is InChI=1S/C23H23N5O5/c1-30-17-6-3-5-16(13-17)23-26-25-20-9-10-22(27-28(20)23)32-12-11-24-21(29)15-33-19-8-4-7-18(14-19)31-2/h3-10,13-14H,11-12,15H2,1-2H3,(H,24,29). The zero-order chi connectivity index (χ0) is 23.0. The molecule has 1 N–H and O–H groups in total. The van der Waals surface area contributed by atoms with Crippen molar-refractivity contribution in [3.63, 3.8) is 0 Å². The number of carbonyl (C=O) groups excluding carboxylic acids is 1. The summed E-state index contributed by atoms with van der Waals surface area (Å²) in [6.07, 6.45) is 0. The van der Waals surface area contributed by atoms with Crippen molar-refractivity contribution in [2.45, 2.75) is 0 Å². The minimum absolute atomic E-state index is 0.109. The molecule has 0 atom stereocenters. The molecule has 0 unspecified atom stereocenters. The van der Waals surface area contributed by atoms with Crippen molar-refractivity contribution in [2.75, 3.05) is 34.0 Å². The number of amides is 1. The third kappa shape index (κ3) is 5.48. The SMILES string of the molecule is COc1cccc(OCC(=O)NCCOc2ccc3nnc(-c4cccc(OC)c4)n3n2)c1. The van der Waals surface area contributed by atoms with Crippen molar-refractivity contribution < 1.29 is 23.7 Å². The van der Waals surface area contributed by atoms with Crippen LogP contribution in [-0.4, -0.2) is 59.7 Å². The topological polar surface area (TPSA) is 109 Å². The molecule has 10 heteroatoms. The molecule has 0 aliphatic rings. The summed E-state index contributed by atoms with van der Waals surface area (Å²) in [6, 6.07) is 18.0. The van der Waals surface area contributed by atoms with Crippen molar-refractivity contribution in [2.24, 2.45) is 0 Å². The average Bonchev–Trinajstić information content (AvgIpc) is 3.29. The van der Waals surface area contributed by atoms with E-state index in [1.165, 1.54) is 0 Å². The van der Waals surface area contributed by atoms with E-state index in [0.717, 1.165) is 5.56 Å². The molecular weight excluding hydrogens is 426 g/mol. The number of carbonyl (C=O) groups is 1. The fourth-order valence-corrected chi connectivity index (χ4v) is 3.03. The van der Waals surface area contributed by atoms with E-state index in [4.69, 9.17) is 18.9 Å². The van der Waals surface area contributed by atoms with E-state index < -0.39 is 0 Å². The van der Waals surface area contributed by atoms with Crippen molar-refractivity contribution in [1.29, 1.82) is 0 Å². The second-order valence-electron chi connectivity index (χ2n) is 6.86. The number of aromatic nitrogens is 4. The van der Waals surface area contributed by atoms with E-state index in [-0.39, 0.29) is 19.1 Å². The number of nitrogens with zero attached hydrogens (tertiary/aromatic N) is 4. The molecule has 0 aliphatic carbocycles. The molecule has 0 radical (unpaired) electrons. The molecule has 0 aliphatic heterocycles. The molecule has 0 saturated heterocycles. The number of nitrogens with one attached hydrogen (secondary N) is 1. The molecule has 10 nitrogen and oxygen atoms in total. The van der Waals surface area contributed by atoms with Crippen molar-refractivity contribution in [3.05, 3.63) is 60.7 Å². The van der Waals surface area contributed by atoms with Crippen LogP contribution in [0.1, 0.15) is 0 Å². The van der Waals surface area contributed by atoms with E-state index in [2.05, 4.69) is 20.6 Å². The second kappa shape index (κ2) is 10.3. The first kappa shape index (κ1) is 21.9. The van der Waals surface area contributed by atoms with Gasteiger partial charge in [0.25, 0.3) is 5.91 Å². The van der Waals surface area contributed by atoms with Gasteiger partial charge in [-0.2, -0.15) is 4.52 Å². The minimum atomic E-state index is -0.260. The van der Waals surface area contributed by atoms with Crippen molar-refractivity contribution >= 4 is 11.6 Å². The van der Waals surface area contributed by atoms with Crippen LogP contribution in [0.3, 0.4) is 0 Å². The monoisotopic (exact) mass is 449 g/mol. The Balaban J connectivity index is 1.30. The zero-order valence-electron chi connectivity index (χ0n) is 18.2. The molecule has 2 heterocycles. The van der Waals surface area contributed by atoms with Gasteiger partial charge < -0.3 is 24.3 Å². The normalized spacial score (nSPS) is 10.6. The number of hydrogen-bond acceptors (Lipinski definition) is 8. The predicted molar refractivity (Wildman–Crippen MR) is 120 cm³/mol. The fourth-order valence-electron chi connectivity index (χ4n) is 3.03. The largest absolute Gasteiger partial charge is 0.497 e. The Morgan fingerprint density at radius 2 is 1.67 bits per heavy atom. The fraction of sp³-hybridized carbons (Fsp3) is 0.217. The molecule has 33 heavy (non-hydrogen) atoms. The Bertz CT molecular complexity index is 1240. The summed E-state index contributed by atoms with van der Waals surface area (Å²) in [5.74, 6) is 2.62. The first-order valence-electron chi connectivity index (χ1n) is 10.2. The Labute approximate surface area is 190 Å². The first-order valence-corrected chi connectivity index (χ1v) is 10.2. The summed E-state index contributed by atoms with van der Waals surface area (Å²) in [7, 11) is 3.18. The van der Waals surface area contributed by atoms with Gasteiger partial charge >= 0.3 is 0 Å². The van der Waals surface area contributed by atoms with Crippen LogP contribution in [0.5, 0.6) is 23.1 Å². The summed E-state index contributed by atoms with van der Waals surface area (Å²) in [4.78, 5) is 12.0. The third-order valence-electron chi connectivity index (χ3n) is 4.65. The minimum Gasteiger partial charge on any atom is -0.497 e. The number of fused-ring (bicyclic) bond motifs is 1. The third-order valence-corrected chi connectivity index (χ3v) is 4.65. The maximum Gasteiger partial charge on any atom is 0.258 e. The van der Waals surface area contributed by atoms with E-state index in [9.17, 15) is 4.79 Å². The van der Waals surface area contributed by atoms with Crippen LogP contribution in [0.2, 0.25) is 0 Å². The van der Waals surface area contributed by atoms with Crippen LogP contribution in [-0.2, 0) is 4.79 Å². The Kier molecular flexibility index (Phi) is 6.84. The van der Waals surface area contributed by atoms with E-state index in [1.54, 1.807) is 55.1 Å². The second-order valence-corrected chi connectivity index (χ2v) is 6.86. The van der Waals surface area contributed by atoms with Gasteiger partial charge in [0.15, 0.2) is 18.1 Å². The summed E-state index contributed by atoms with van der Waals surface area (Å²) in [5, 5.41) is 15.6. The van der Waals surface area contributed by atoms with Gasteiger partial charge in [-0.25, -0.2) is 0 Å². The van der Waals surface area contributed by atoms with Gasteiger partial charge in [-0.05, 0) is 30.3 Å². The first-order chi connectivity index (χ1) is 16.2. The van der Waals surface area contributed by atoms with Crippen LogP contribution in [0.15, 0.2) is 60.7 Å². The van der Waals surface area contributed by atoms with Crippen LogP contribution < -0.4 is 24.3 Å². The molecule has 170 valence electrons. The lowest BCUT2D eigenvalue weighted by Crippen LogP contribution is -2.32. The summed E-state index contributed by atoms with van der Waals surface area (Å²) in [5.41, 5.74) is 1.40. The molecule has 0 fully saturated rings. The summed E-state index contributed by atoms with van der Waals surface area (Å²) in [6.45, 7) is 0.424. The Hall–Kier alpha value is -4.34. The number of methoxy groups -OCH3 is 2. The molecule has 1 amide bonds. The maximum atomic E-state index is 12.0. The highest BCUT2D eigenvalue weighted by molar-refractivity contribution is 5.77. The lowest BCUT2D eigenvalue weighted by molar-refractivity contribution is -0.123. The molecular formula is C23H23N5O5. The zero-order valence-corrected chi connectivity index (χ0v) is 18.2. The van der Waals surface area contributed by atoms with E-state index in [0.29, 0.717) is 41.1 Å². The highest BCUT2D eigenvalue weighted by atomic mass is 16.5. The molecule has 0 bridgehead atoms. The molecule has 4 aromatic rings. The highest BCUT2D eigenvalue weighted by Gasteiger charge is 2.11. The molecule has 2 aromatic carbocycles. The van der Waals surface area contributed by atoms with Crippen molar-refractivity contribution in [1.82, 2.24) is 25.1 Å². The molecule has 4 rings (SSSR count). The van der Waals surface area contributed by atoms with Gasteiger partial charge in [-0.1, -0.05) is 18.2 Å². The number of benzene rings is 2. The maximum absolute atomic E-state index is 12.0. The molecule has 0 spiro atoms.